The smallest absolute Gasteiger partial charge is 0.343 e. The Bertz CT molecular complexity index is 643. The molecule has 0 bridgehead atoms. The Labute approximate surface area is 108 Å². The van der Waals surface area contributed by atoms with E-state index in [0.717, 1.165) is 0 Å². The summed E-state index contributed by atoms with van der Waals surface area (Å²) in [6.07, 6.45) is 3.51. The molecule has 92 valence electrons. The van der Waals surface area contributed by atoms with Crippen LogP contribution in [0.15, 0.2) is 23.4 Å². The molecule has 0 N–H and O–H groups in total. The van der Waals surface area contributed by atoms with Crippen LogP contribution in [0.3, 0.4) is 0 Å². The van der Waals surface area contributed by atoms with Crippen LogP contribution in [0.1, 0.15) is 22.8 Å². The maximum atomic E-state index is 11.9. The minimum absolute atomic E-state index is 0.307. The second-order valence-corrected chi connectivity index (χ2v) is 4.26. The first kappa shape index (κ1) is 12.5. The van der Waals surface area contributed by atoms with Crippen molar-refractivity contribution < 1.29 is 9.53 Å². The molecule has 2 rings (SSSR count). The van der Waals surface area contributed by atoms with Crippen LogP contribution in [0.5, 0.6) is 0 Å². The van der Waals surface area contributed by atoms with Crippen LogP contribution in [0.25, 0.3) is 5.52 Å². The summed E-state index contributed by atoms with van der Waals surface area (Å²) in [6.45, 7) is 2.06. The molecule has 0 saturated heterocycles. The molecule has 0 aromatic carbocycles. The fourth-order valence-corrected chi connectivity index (χ4v) is 2.19. The van der Waals surface area contributed by atoms with Crippen molar-refractivity contribution in [1.82, 2.24) is 9.61 Å². The van der Waals surface area contributed by atoms with Crippen molar-refractivity contribution in [2.24, 2.45) is 0 Å². The molecule has 0 aliphatic rings. The molecule has 0 atom stereocenters. The van der Waals surface area contributed by atoms with Crippen molar-refractivity contribution in [2.45, 2.75) is 11.9 Å². The second kappa shape index (κ2) is 5.10. The predicted octanol–water partition coefficient (Wildman–Crippen LogP) is 2.10. The summed E-state index contributed by atoms with van der Waals surface area (Å²) in [4.78, 5) is 11.9. The normalized spacial score (nSPS) is 10.3. The molecule has 18 heavy (non-hydrogen) atoms. The molecule has 2 aromatic heterocycles. The third kappa shape index (κ3) is 2.05. The van der Waals surface area contributed by atoms with Crippen LogP contribution in [0.2, 0.25) is 0 Å². The fraction of sp³-hybridized carbons (Fsp3) is 0.250. The standard InChI is InChI=1S/C12H11N3O2S/c1-3-17-12(16)10-9-6-8(7-13)4-5-15(9)14-11(10)18-2/h4-6H,3H2,1-2H3. The van der Waals surface area contributed by atoms with Crippen molar-refractivity contribution in [1.29, 1.82) is 5.26 Å². The first-order valence-electron chi connectivity index (χ1n) is 5.34. The van der Waals surface area contributed by atoms with Gasteiger partial charge in [0.1, 0.15) is 10.6 Å². The Hall–Kier alpha value is -2.00. The van der Waals surface area contributed by atoms with E-state index in [1.807, 2.05) is 12.3 Å². The summed E-state index contributed by atoms with van der Waals surface area (Å²) in [6, 6.07) is 5.33. The number of nitrogens with zero attached hydrogens (tertiary/aromatic N) is 3. The quantitative estimate of drug-likeness (QED) is 0.625. The van der Waals surface area contributed by atoms with Gasteiger partial charge in [-0.3, -0.25) is 0 Å². The lowest BCUT2D eigenvalue weighted by atomic mass is 10.2. The van der Waals surface area contributed by atoms with E-state index in [1.165, 1.54) is 11.8 Å². The highest BCUT2D eigenvalue weighted by Gasteiger charge is 2.20. The number of fused-ring (bicyclic) bond motifs is 1. The molecule has 0 radical (unpaired) electrons. The SMILES string of the molecule is CCOC(=O)c1c(SC)nn2ccc(C#N)cc12. The van der Waals surface area contributed by atoms with Crippen molar-refractivity contribution in [3.63, 3.8) is 0 Å². The van der Waals surface area contributed by atoms with E-state index in [2.05, 4.69) is 5.10 Å². The van der Waals surface area contributed by atoms with Gasteiger partial charge in [-0.2, -0.15) is 10.4 Å². The molecule has 0 saturated carbocycles. The number of aromatic nitrogens is 2. The topological polar surface area (TPSA) is 67.4 Å². The van der Waals surface area contributed by atoms with E-state index in [1.54, 1.807) is 29.8 Å². The number of pyridine rings is 1. The highest BCUT2D eigenvalue weighted by Crippen LogP contribution is 2.25. The Morgan fingerprint density at radius 2 is 2.44 bits per heavy atom. The monoisotopic (exact) mass is 261 g/mol. The number of hydrogen-bond acceptors (Lipinski definition) is 5. The maximum Gasteiger partial charge on any atom is 0.343 e. The number of rotatable bonds is 3. The third-order valence-corrected chi connectivity index (χ3v) is 3.08. The average Bonchev–Trinajstić information content (AvgIpc) is 2.76. The van der Waals surface area contributed by atoms with Gasteiger partial charge < -0.3 is 4.74 Å². The molecule has 6 heteroatoms. The van der Waals surface area contributed by atoms with Crippen LogP contribution in [0, 0.1) is 11.3 Å². The molecule has 0 fully saturated rings. The summed E-state index contributed by atoms with van der Waals surface area (Å²) in [5.74, 6) is -0.410. The van der Waals surface area contributed by atoms with E-state index in [4.69, 9.17) is 10.00 Å². The number of nitriles is 1. The molecule has 0 spiro atoms. The molecular formula is C12H11N3O2S. The lowest BCUT2D eigenvalue weighted by Gasteiger charge is -2.01. The van der Waals surface area contributed by atoms with Crippen molar-refractivity contribution in [3.8, 4) is 6.07 Å². The van der Waals surface area contributed by atoms with Gasteiger partial charge in [-0.1, -0.05) is 0 Å². The number of ether oxygens (including phenoxy) is 1. The van der Waals surface area contributed by atoms with E-state index >= 15 is 0 Å². The summed E-state index contributed by atoms with van der Waals surface area (Å²) < 4.78 is 6.60. The summed E-state index contributed by atoms with van der Waals surface area (Å²) in [5.41, 5.74) is 1.50. The van der Waals surface area contributed by atoms with Gasteiger partial charge in [-0.25, -0.2) is 9.31 Å². The van der Waals surface area contributed by atoms with Crippen molar-refractivity contribution in [3.05, 3.63) is 29.5 Å². The zero-order valence-corrected chi connectivity index (χ0v) is 10.8. The maximum absolute atomic E-state index is 11.9. The molecule has 5 nitrogen and oxygen atoms in total. The van der Waals surface area contributed by atoms with Crippen LogP contribution < -0.4 is 0 Å². The molecule has 0 unspecified atom stereocenters. The summed E-state index contributed by atoms with van der Waals surface area (Å²) >= 11 is 1.37. The molecule has 2 heterocycles. The average molecular weight is 261 g/mol. The number of thioether (sulfide) groups is 1. The van der Waals surface area contributed by atoms with Gasteiger partial charge >= 0.3 is 5.97 Å². The Morgan fingerprint density at radius 3 is 3.06 bits per heavy atom. The second-order valence-electron chi connectivity index (χ2n) is 3.46. The van der Waals surface area contributed by atoms with Crippen LogP contribution >= 0.6 is 11.8 Å². The molecule has 0 aliphatic carbocycles. The molecule has 0 aliphatic heterocycles. The highest BCUT2D eigenvalue weighted by atomic mass is 32.2. The Balaban J connectivity index is 2.67. The minimum Gasteiger partial charge on any atom is -0.462 e. The minimum atomic E-state index is -0.410. The zero-order chi connectivity index (χ0) is 13.1. The highest BCUT2D eigenvalue weighted by molar-refractivity contribution is 7.98. The Morgan fingerprint density at radius 1 is 1.67 bits per heavy atom. The lowest BCUT2D eigenvalue weighted by molar-refractivity contribution is 0.0524. The van der Waals surface area contributed by atoms with Gasteiger partial charge in [0.2, 0.25) is 0 Å². The number of hydrogen-bond donors (Lipinski definition) is 0. The van der Waals surface area contributed by atoms with Gasteiger partial charge in [-0.15, -0.1) is 11.8 Å². The lowest BCUT2D eigenvalue weighted by Crippen LogP contribution is -2.05. The van der Waals surface area contributed by atoms with E-state index in [-0.39, 0.29) is 0 Å². The largest absolute Gasteiger partial charge is 0.462 e. The van der Waals surface area contributed by atoms with Gasteiger partial charge in [0, 0.05) is 6.20 Å². The molecule has 0 amide bonds. The van der Waals surface area contributed by atoms with Crippen LogP contribution in [0.4, 0.5) is 0 Å². The van der Waals surface area contributed by atoms with E-state index in [9.17, 15) is 4.79 Å². The van der Waals surface area contributed by atoms with Crippen molar-refractivity contribution in [2.75, 3.05) is 12.9 Å². The van der Waals surface area contributed by atoms with Gasteiger partial charge in [0.05, 0.1) is 23.8 Å². The third-order valence-electron chi connectivity index (χ3n) is 2.40. The first-order chi connectivity index (χ1) is 8.71. The van der Waals surface area contributed by atoms with E-state index < -0.39 is 5.97 Å². The fourth-order valence-electron chi connectivity index (χ4n) is 1.63. The predicted molar refractivity (Wildman–Crippen MR) is 67.6 cm³/mol. The van der Waals surface area contributed by atoms with Gasteiger partial charge in [-0.05, 0) is 25.3 Å². The Kier molecular flexibility index (Phi) is 3.53. The van der Waals surface area contributed by atoms with Gasteiger partial charge in [0.15, 0.2) is 0 Å². The van der Waals surface area contributed by atoms with Gasteiger partial charge in [0.25, 0.3) is 0 Å². The zero-order valence-electron chi connectivity index (χ0n) is 10.0. The number of carbonyl (C=O) groups excluding carboxylic acids is 1. The number of carbonyl (C=O) groups is 1. The summed E-state index contributed by atoms with van der Waals surface area (Å²) in [5, 5.41) is 13.8. The number of esters is 1. The van der Waals surface area contributed by atoms with Crippen molar-refractivity contribution >= 4 is 23.2 Å². The van der Waals surface area contributed by atoms with E-state index in [0.29, 0.717) is 28.3 Å². The molecular weight excluding hydrogens is 250 g/mol. The molecule has 2 aromatic rings. The van der Waals surface area contributed by atoms with Crippen LogP contribution in [-0.2, 0) is 4.74 Å². The van der Waals surface area contributed by atoms with Crippen LogP contribution in [-0.4, -0.2) is 28.4 Å². The summed E-state index contributed by atoms with van der Waals surface area (Å²) in [7, 11) is 0. The first-order valence-corrected chi connectivity index (χ1v) is 6.57.